The average Bonchev–Trinajstić information content (AvgIpc) is 2.87. The molecule has 1 aromatic heterocycles. The van der Waals surface area contributed by atoms with Gasteiger partial charge in [-0.2, -0.15) is 5.10 Å². The fourth-order valence-corrected chi connectivity index (χ4v) is 2.31. The zero-order valence-corrected chi connectivity index (χ0v) is 10.3. The van der Waals surface area contributed by atoms with E-state index in [1.54, 1.807) is 0 Å². The van der Waals surface area contributed by atoms with Crippen LogP contribution in [0.5, 0.6) is 0 Å². The molecule has 0 saturated carbocycles. The van der Waals surface area contributed by atoms with Crippen LogP contribution in [0.4, 0.5) is 0 Å². The van der Waals surface area contributed by atoms with Crippen molar-refractivity contribution in [2.75, 3.05) is 7.05 Å². The first kappa shape index (κ1) is 11.0. The molecule has 3 aromatic rings. The molecule has 0 saturated heterocycles. The number of aromatic nitrogens is 2. The molecule has 0 bridgehead atoms. The lowest BCUT2D eigenvalue weighted by atomic mass is 10.0. The van der Waals surface area contributed by atoms with Crippen molar-refractivity contribution in [3.63, 3.8) is 0 Å². The van der Waals surface area contributed by atoms with Gasteiger partial charge in [0.05, 0.1) is 11.9 Å². The van der Waals surface area contributed by atoms with E-state index in [0.717, 1.165) is 12.2 Å². The van der Waals surface area contributed by atoms with Crippen LogP contribution in [0.2, 0.25) is 0 Å². The van der Waals surface area contributed by atoms with Crippen molar-refractivity contribution in [1.29, 1.82) is 0 Å². The van der Waals surface area contributed by atoms with E-state index >= 15 is 0 Å². The lowest BCUT2D eigenvalue weighted by Gasteiger charge is -2.07. The molecule has 0 aliphatic rings. The minimum atomic E-state index is 0.815. The summed E-state index contributed by atoms with van der Waals surface area (Å²) in [6.45, 7) is 0.815. The number of hydrogen-bond acceptors (Lipinski definition) is 2. The molecule has 1 heterocycles. The average molecular weight is 237 g/mol. The highest BCUT2D eigenvalue weighted by atomic mass is 15.1. The summed E-state index contributed by atoms with van der Waals surface area (Å²) < 4.78 is 0. The second-order valence-corrected chi connectivity index (χ2v) is 4.33. The molecule has 90 valence electrons. The van der Waals surface area contributed by atoms with Gasteiger partial charge >= 0.3 is 0 Å². The van der Waals surface area contributed by atoms with Gasteiger partial charge in [-0.25, -0.2) is 0 Å². The van der Waals surface area contributed by atoms with E-state index in [-0.39, 0.29) is 0 Å². The monoisotopic (exact) mass is 237 g/mol. The van der Waals surface area contributed by atoms with Gasteiger partial charge in [-0.15, -0.1) is 0 Å². The van der Waals surface area contributed by atoms with Crippen molar-refractivity contribution in [3.05, 3.63) is 54.2 Å². The summed E-state index contributed by atoms with van der Waals surface area (Å²) in [5.41, 5.74) is 3.49. The van der Waals surface area contributed by atoms with Crippen molar-refractivity contribution in [1.82, 2.24) is 15.5 Å². The van der Waals surface area contributed by atoms with Crippen molar-refractivity contribution in [2.24, 2.45) is 0 Å². The molecular weight excluding hydrogens is 222 g/mol. The van der Waals surface area contributed by atoms with Crippen molar-refractivity contribution in [2.45, 2.75) is 6.54 Å². The van der Waals surface area contributed by atoms with Crippen molar-refractivity contribution < 1.29 is 0 Å². The molecule has 18 heavy (non-hydrogen) atoms. The molecule has 2 N–H and O–H groups in total. The molecular formula is C15H15N3. The topological polar surface area (TPSA) is 40.7 Å². The smallest absolute Gasteiger partial charge is 0.0701 e. The van der Waals surface area contributed by atoms with Crippen LogP contribution in [-0.2, 0) is 6.54 Å². The molecule has 0 unspecified atom stereocenters. The highest BCUT2D eigenvalue weighted by molar-refractivity contribution is 5.96. The SMILES string of the molecule is CNCc1cn[nH]c1-c1cccc2ccccc12. The molecule has 0 radical (unpaired) electrons. The van der Waals surface area contributed by atoms with Gasteiger partial charge < -0.3 is 5.32 Å². The van der Waals surface area contributed by atoms with E-state index in [2.05, 4.69) is 58.0 Å². The number of nitrogens with zero attached hydrogens (tertiary/aromatic N) is 1. The summed E-state index contributed by atoms with van der Waals surface area (Å²) in [6, 6.07) is 14.8. The third-order valence-electron chi connectivity index (χ3n) is 3.14. The molecule has 3 rings (SSSR count). The molecule has 0 amide bonds. The number of H-pyrrole nitrogens is 1. The Kier molecular flexibility index (Phi) is 2.82. The highest BCUT2D eigenvalue weighted by Crippen LogP contribution is 2.29. The maximum atomic E-state index is 4.16. The van der Waals surface area contributed by atoms with Gasteiger partial charge in [-0.1, -0.05) is 42.5 Å². The van der Waals surface area contributed by atoms with Crippen LogP contribution in [0.3, 0.4) is 0 Å². The van der Waals surface area contributed by atoms with Gasteiger partial charge in [0, 0.05) is 17.7 Å². The Morgan fingerprint density at radius 3 is 2.83 bits per heavy atom. The van der Waals surface area contributed by atoms with Crippen molar-refractivity contribution in [3.8, 4) is 11.3 Å². The first-order valence-electron chi connectivity index (χ1n) is 6.05. The van der Waals surface area contributed by atoms with E-state index in [1.807, 2.05) is 13.2 Å². The second kappa shape index (κ2) is 4.63. The van der Waals surface area contributed by atoms with Gasteiger partial charge in [0.2, 0.25) is 0 Å². The van der Waals surface area contributed by atoms with Gasteiger partial charge in [0.25, 0.3) is 0 Å². The molecule has 3 heteroatoms. The maximum Gasteiger partial charge on any atom is 0.0701 e. The standard InChI is InChI=1S/C15H15N3/c1-16-9-12-10-17-18-15(12)14-8-4-6-11-5-2-3-7-13(11)14/h2-8,10,16H,9H2,1H3,(H,17,18). The summed E-state index contributed by atoms with van der Waals surface area (Å²) in [4.78, 5) is 0. The largest absolute Gasteiger partial charge is 0.316 e. The first-order chi connectivity index (χ1) is 8.90. The predicted octanol–water partition coefficient (Wildman–Crippen LogP) is 2.95. The Bertz CT molecular complexity index is 665. The zero-order chi connectivity index (χ0) is 12.4. The molecule has 0 aliphatic heterocycles. The Balaban J connectivity index is 2.22. The van der Waals surface area contributed by atoms with Gasteiger partial charge in [-0.05, 0) is 17.8 Å². The number of benzene rings is 2. The molecule has 0 fully saturated rings. The van der Waals surface area contributed by atoms with Crippen LogP contribution >= 0.6 is 0 Å². The Morgan fingerprint density at radius 1 is 1.11 bits per heavy atom. The molecule has 3 nitrogen and oxygen atoms in total. The lowest BCUT2D eigenvalue weighted by molar-refractivity contribution is 0.820. The minimum Gasteiger partial charge on any atom is -0.316 e. The number of hydrogen-bond donors (Lipinski definition) is 2. The summed E-state index contributed by atoms with van der Waals surface area (Å²) in [5.74, 6) is 0. The molecule has 0 aliphatic carbocycles. The number of rotatable bonds is 3. The Labute approximate surface area is 106 Å². The normalized spacial score (nSPS) is 10.9. The summed E-state index contributed by atoms with van der Waals surface area (Å²) in [6.07, 6.45) is 1.88. The van der Waals surface area contributed by atoms with Crippen LogP contribution < -0.4 is 5.32 Å². The third-order valence-corrected chi connectivity index (χ3v) is 3.14. The van der Waals surface area contributed by atoms with Crippen LogP contribution in [0.25, 0.3) is 22.0 Å². The minimum absolute atomic E-state index is 0.815. The van der Waals surface area contributed by atoms with Crippen LogP contribution in [0.15, 0.2) is 48.7 Å². The molecule has 0 spiro atoms. The highest BCUT2D eigenvalue weighted by Gasteiger charge is 2.09. The quantitative estimate of drug-likeness (QED) is 0.735. The van der Waals surface area contributed by atoms with Crippen LogP contribution in [0, 0.1) is 0 Å². The zero-order valence-electron chi connectivity index (χ0n) is 10.3. The molecule has 2 aromatic carbocycles. The Morgan fingerprint density at radius 2 is 1.94 bits per heavy atom. The van der Waals surface area contributed by atoms with Crippen LogP contribution in [0.1, 0.15) is 5.56 Å². The fourth-order valence-electron chi connectivity index (χ4n) is 2.31. The van der Waals surface area contributed by atoms with E-state index in [9.17, 15) is 0 Å². The third kappa shape index (κ3) is 1.79. The van der Waals surface area contributed by atoms with E-state index in [4.69, 9.17) is 0 Å². The summed E-state index contributed by atoms with van der Waals surface area (Å²) >= 11 is 0. The van der Waals surface area contributed by atoms with E-state index < -0.39 is 0 Å². The van der Waals surface area contributed by atoms with E-state index in [1.165, 1.54) is 21.9 Å². The lowest BCUT2D eigenvalue weighted by Crippen LogP contribution is -2.05. The Hall–Kier alpha value is -2.13. The van der Waals surface area contributed by atoms with Gasteiger partial charge in [0.15, 0.2) is 0 Å². The van der Waals surface area contributed by atoms with Gasteiger partial charge in [0.1, 0.15) is 0 Å². The maximum absolute atomic E-state index is 4.16. The van der Waals surface area contributed by atoms with E-state index in [0.29, 0.717) is 0 Å². The fraction of sp³-hybridized carbons (Fsp3) is 0.133. The van der Waals surface area contributed by atoms with Crippen molar-refractivity contribution >= 4 is 10.8 Å². The second-order valence-electron chi connectivity index (χ2n) is 4.33. The number of fused-ring (bicyclic) bond motifs is 1. The van der Waals surface area contributed by atoms with Gasteiger partial charge in [-0.3, -0.25) is 5.10 Å². The predicted molar refractivity (Wildman–Crippen MR) is 74.3 cm³/mol. The summed E-state index contributed by atoms with van der Waals surface area (Å²) in [7, 11) is 1.94. The van der Waals surface area contributed by atoms with Crippen LogP contribution in [-0.4, -0.2) is 17.2 Å². The number of aromatic amines is 1. The molecule has 0 atom stereocenters. The summed E-state index contributed by atoms with van der Waals surface area (Å²) in [5, 5.41) is 12.9. The number of nitrogens with one attached hydrogen (secondary N) is 2. The first-order valence-corrected chi connectivity index (χ1v) is 6.05.